The molecule has 1 heterocycles. The molecule has 0 bridgehead atoms. The zero-order valence-corrected chi connectivity index (χ0v) is 16.3. The molecule has 0 unspecified atom stereocenters. The number of amides is 1. The van der Waals surface area contributed by atoms with Gasteiger partial charge in [0.15, 0.2) is 12.2 Å². The monoisotopic (exact) mass is 430 g/mol. The smallest absolute Gasteiger partial charge is 0.262 e. The van der Waals surface area contributed by atoms with E-state index >= 15 is 0 Å². The van der Waals surface area contributed by atoms with Gasteiger partial charge in [-0.1, -0.05) is 35.3 Å². The third-order valence-corrected chi connectivity index (χ3v) is 4.65. The number of hydrogen-bond donors (Lipinski definition) is 1. The van der Waals surface area contributed by atoms with E-state index in [-0.39, 0.29) is 23.4 Å². The van der Waals surface area contributed by atoms with Gasteiger partial charge in [0.1, 0.15) is 17.1 Å². The number of aromatic nitrogens is 1. The lowest BCUT2D eigenvalue weighted by molar-refractivity contribution is -0.118. The second kappa shape index (κ2) is 8.11. The number of benzene rings is 3. The highest BCUT2D eigenvalue weighted by molar-refractivity contribution is 6.33. The highest BCUT2D eigenvalue weighted by Crippen LogP contribution is 2.31. The summed E-state index contributed by atoms with van der Waals surface area (Å²) in [6, 6.07) is 15.9. The summed E-state index contributed by atoms with van der Waals surface area (Å²) >= 11 is 12.1. The average Bonchev–Trinajstić information content (AvgIpc) is 3.10. The van der Waals surface area contributed by atoms with E-state index < -0.39 is 5.82 Å². The van der Waals surface area contributed by atoms with E-state index in [1.807, 2.05) is 0 Å². The summed E-state index contributed by atoms with van der Waals surface area (Å²) < 4.78 is 24.3. The number of oxazole rings is 1. The average molecular weight is 431 g/mol. The third kappa shape index (κ3) is 4.34. The molecule has 0 fully saturated rings. The molecule has 3 aromatic carbocycles. The Bertz CT molecular complexity index is 1210. The molecular formula is C21H13Cl2FN2O3. The molecule has 29 heavy (non-hydrogen) atoms. The Balaban J connectivity index is 1.49. The number of rotatable bonds is 5. The summed E-state index contributed by atoms with van der Waals surface area (Å²) in [5.74, 6) is -0.110. The molecule has 0 aliphatic heterocycles. The number of nitrogens with one attached hydrogen (secondary N) is 1. The van der Waals surface area contributed by atoms with Crippen LogP contribution in [0.25, 0.3) is 22.6 Å². The largest absolute Gasteiger partial charge is 0.482 e. The number of para-hydroxylation sites is 1. The Morgan fingerprint density at radius 3 is 2.69 bits per heavy atom. The van der Waals surface area contributed by atoms with Gasteiger partial charge in [0, 0.05) is 5.69 Å². The van der Waals surface area contributed by atoms with Crippen LogP contribution in [-0.4, -0.2) is 17.5 Å². The van der Waals surface area contributed by atoms with Crippen LogP contribution in [-0.2, 0) is 4.79 Å². The van der Waals surface area contributed by atoms with Crippen LogP contribution in [0.5, 0.6) is 5.75 Å². The molecule has 1 aromatic heterocycles. The van der Waals surface area contributed by atoms with Crippen LogP contribution in [0.15, 0.2) is 65.1 Å². The topological polar surface area (TPSA) is 64.4 Å². The molecule has 5 nitrogen and oxygen atoms in total. The van der Waals surface area contributed by atoms with Crippen molar-refractivity contribution in [3.05, 3.63) is 76.5 Å². The Morgan fingerprint density at radius 1 is 1.07 bits per heavy atom. The maximum Gasteiger partial charge on any atom is 0.262 e. The van der Waals surface area contributed by atoms with Gasteiger partial charge in [-0.3, -0.25) is 4.79 Å². The predicted molar refractivity (Wildman–Crippen MR) is 110 cm³/mol. The molecule has 0 spiro atoms. The fraction of sp³-hybridized carbons (Fsp3) is 0.0476. The fourth-order valence-corrected chi connectivity index (χ4v) is 3.12. The summed E-state index contributed by atoms with van der Waals surface area (Å²) in [5, 5.41) is 3.35. The van der Waals surface area contributed by atoms with E-state index in [1.54, 1.807) is 42.5 Å². The first-order valence-corrected chi connectivity index (χ1v) is 9.28. The van der Waals surface area contributed by atoms with Crippen molar-refractivity contribution in [2.24, 2.45) is 0 Å². The lowest BCUT2D eigenvalue weighted by Crippen LogP contribution is -2.20. The SMILES string of the molecule is O=C(COc1ccccc1Cl)Nc1ccc2oc(-c3ccc(F)cc3Cl)nc2c1. The quantitative estimate of drug-likeness (QED) is 0.424. The van der Waals surface area contributed by atoms with Crippen molar-refractivity contribution in [3.63, 3.8) is 0 Å². The molecule has 8 heteroatoms. The minimum Gasteiger partial charge on any atom is -0.482 e. The van der Waals surface area contributed by atoms with Gasteiger partial charge in [-0.25, -0.2) is 9.37 Å². The summed E-state index contributed by atoms with van der Waals surface area (Å²) in [7, 11) is 0. The number of carbonyl (C=O) groups excluding carboxylic acids is 1. The molecule has 0 saturated heterocycles. The first kappa shape index (κ1) is 19.2. The van der Waals surface area contributed by atoms with Gasteiger partial charge in [-0.2, -0.15) is 0 Å². The molecule has 1 N–H and O–H groups in total. The standard InChI is InChI=1S/C21H13Cl2FN2O3/c22-15-3-1-2-4-18(15)28-11-20(27)25-13-6-8-19-17(10-13)26-21(29-19)14-7-5-12(24)9-16(14)23/h1-10H,11H2,(H,25,27). The first-order valence-electron chi connectivity index (χ1n) is 8.53. The maximum absolute atomic E-state index is 13.2. The van der Waals surface area contributed by atoms with Crippen LogP contribution in [0.2, 0.25) is 10.0 Å². The van der Waals surface area contributed by atoms with Crippen molar-refractivity contribution in [2.75, 3.05) is 11.9 Å². The number of halogens is 3. The molecular weight excluding hydrogens is 418 g/mol. The van der Waals surface area contributed by atoms with Gasteiger partial charge >= 0.3 is 0 Å². The van der Waals surface area contributed by atoms with Crippen LogP contribution in [0, 0.1) is 5.82 Å². The molecule has 4 aromatic rings. The van der Waals surface area contributed by atoms with Gasteiger partial charge in [0.05, 0.1) is 15.6 Å². The molecule has 146 valence electrons. The van der Waals surface area contributed by atoms with Crippen molar-refractivity contribution in [2.45, 2.75) is 0 Å². The van der Waals surface area contributed by atoms with Gasteiger partial charge in [0.25, 0.3) is 5.91 Å². The molecule has 1 amide bonds. The number of carbonyl (C=O) groups is 1. The normalized spacial score (nSPS) is 10.9. The van der Waals surface area contributed by atoms with Crippen molar-refractivity contribution in [1.29, 1.82) is 0 Å². The number of ether oxygens (including phenoxy) is 1. The Kier molecular flexibility index (Phi) is 5.38. The molecule has 4 rings (SSSR count). The van der Waals surface area contributed by atoms with Crippen LogP contribution >= 0.6 is 23.2 Å². The molecule has 0 saturated carbocycles. The van der Waals surface area contributed by atoms with Crippen molar-refractivity contribution in [3.8, 4) is 17.2 Å². The predicted octanol–water partition coefficient (Wildman–Crippen LogP) is 5.96. The Labute approximate surface area is 175 Å². The summed E-state index contributed by atoms with van der Waals surface area (Å²) in [4.78, 5) is 16.5. The molecule has 0 radical (unpaired) electrons. The van der Waals surface area contributed by atoms with E-state index in [1.165, 1.54) is 18.2 Å². The third-order valence-electron chi connectivity index (χ3n) is 4.03. The fourth-order valence-electron chi connectivity index (χ4n) is 2.69. The van der Waals surface area contributed by atoms with Crippen molar-refractivity contribution in [1.82, 2.24) is 4.98 Å². The molecule has 0 aliphatic rings. The van der Waals surface area contributed by atoms with E-state index in [4.69, 9.17) is 32.4 Å². The van der Waals surface area contributed by atoms with Gasteiger partial charge in [-0.05, 0) is 48.5 Å². The Hall–Kier alpha value is -3.09. The second-order valence-electron chi connectivity index (χ2n) is 6.09. The van der Waals surface area contributed by atoms with Gasteiger partial charge in [0.2, 0.25) is 5.89 Å². The van der Waals surface area contributed by atoms with Crippen molar-refractivity contribution < 1.29 is 18.3 Å². The van der Waals surface area contributed by atoms with E-state index in [0.29, 0.717) is 33.1 Å². The highest BCUT2D eigenvalue weighted by atomic mass is 35.5. The number of nitrogens with zero attached hydrogens (tertiary/aromatic N) is 1. The second-order valence-corrected chi connectivity index (χ2v) is 6.91. The van der Waals surface area contributed by atoms with E-state index in [0.717, 1.165) is 0 Å². The summed E-state index contributed by atoms with van der Waals surface area (Å²) in [6.45, 7) is -0.197. The lowest BCUT2D eigenvalue weighted by Gasteiger charge is -2.08. The Morgan fingerprint density at radius 2 is 1.90 bits per heavy atom. The van der Waals surface area contributed by atoms with Gasteiger partial charge in [-0.15, -0.1) is 0 Å². The molecule has 0 aliphatic carbocycles. The summed E-state index contributed by atoms with van der Waals surface area (Å²) in [5.41, 5.74) is 2.02. The first-order chi connectivity index (χ1) is 14.0. The van der Waals surface area contributed by atoms with E-state index in [2.05, 4.69) is 10.3 Å². The maximum atomic E-state index is 13.2. The van der Waals surface area contributed by atoms with Crippen LogP contribution in [0.1, 0.15) is 0 Å². The van der Waals surface area contributed by atoms with Crippen LogP contribution in [0.4, 0.5) is 10.1 Å². The zero-order chi connectivity index (χ0) is 20.4. The zero-order valence-electron chi connectivity index (χ0n) is 14.8. The minimum absolute atomic E-state index is 0.196. The molecule has 0 atom stereocenters. The highest BCUT2D eigenvalue weighted by Gasteiger charge is 2.13. The minimum atomic E-state index is -0.445. The van der Waals surface area contributed by atoms with E-state index in [9.17, 15) is 9.18 Å². The lowest BCUT2D eigenvalue weighted by atomic mass is 10.2. The summed E-state index contributed by atoms with van der Waals surface area (Å²) in [6.07, 6.45) is 0. The van der Waals surface area contributed by atoms with Crippen molar-refractivity contribution >= 4 is 45.9 Å². The van der Waals surface area contributed by atoms with Crippen LogP contribution < -0.4 is 10.1 Å². The number of fused-ring (bicyclic) bond motifs is 1. The number of anilines is 1. The van der Waals surface area contributed by atoms with Gasteiger partial charge < -0.3 is 14.5 Å². The number of hydrogen-bond acceptors (Lipinski definition) is 4. The van der Waals surface area contributed by atoms with Crippen LogP contribution in [0.3, 0.4) is 0 Å².